The maximum Gasteiger partial charge on any atom is 0.0948 e. The topological polar surface area (TPSA) is 29.3 Å². The average Bonchev–Trinajstić information content (AvgIpc) is 2.29. The molecule has 0 saturated carbocycles. The van der Waals surface area contributed by atoms with Gasteiger partial charge < -0.3 is 5.73 Å². The zero-order valence-corrected chi connectivity index (χ0v) is 11.6. The fraction of sp³-hybridized carbons (Fsp3) is 0.267. The van der Waals surface area contributed by atoms with Gasteiger partial charge in [-0.3, -0.25) is 4.90 Å². The summed E-state index contributed by atoms with van der Waals surface area (Å²) in [6, 6.07) is 8.18. The van der Waals surface area contributed by atoms with Gasteiger partial charge in [0.25, 0.3) is 0 Å². The van der Waals surface area contributed by atoms with Crippen LogP contribution in [0.2, 0.25) is 0 Å². The molecule has 1 aromatic carbocycles. The predicted molar refractivity (Wildman–Crippen MR) is 82.7 cm³/mol. The molecular formula is C15H20N2S. The van der Waals surface area contributed by atoms with E-state index in [1.165, 1.54) is 5.56 Å². The van der Waals surface area contributed by atoms with Gasteiger partial charge in [-0.05, 0) is 12.5 Å². The van der Waals surface area contributed by atoms with Crippen LogP contribution in [0, 0.1) is 6.92 Å². The summed E-state index contributed by atoms with van der Waals surface area (Å²) in [6.07, 6.45) is 3.70. The number of nitrogens with zero attached hydrogens (tertiary/aromatic N) is 1. The lowest BCUT2D eigenvalue weighted by atomic mass is 10.0. The van der Waals surface area contributed by atoms with E-state index >= 15 is 0 Å². The SMILES string of the molecule is C=CCN(CC=C)C(C(N)=S)c1cccc(C)c1. The summed E-state index contributed by atoms with van der Waals surface area (Å²) in [5, 5.41) is 0. The second-order valence-corrected chi connectivity index (χ2v) is 4.72. The molecule has 0 heterocycles. The Hall–Kier alpha value is -1.45. The van der Waals surface area contributed by atoms with Gasteiger partial charge in [0.05, 0.1) is 11.0 Å². The first kappa shape index (κ1) is 14.6. The molecular weight excluding hydrogens is 240 g/mol. The van der Waals surface area contributed by atoms with Crippen LogP contribution in [0.1, 0.15) is 17.2 Å². The molecule has 3 heteroatoms. The molecule has 96 valence electrons. The summed E-state index contributed by atoms with van der Waals surface area (Å²) in [6.45, 7) is 11.1. The minimum absolute atomic E-state index is 0.0732. The molecule has 0 amide bonds. The van der Waals surface area contributed by atoms with E-state index in [1.807, 2.05) is 18.2 Å². The van der Waals surface area contributed by atoms with Crippen LogP contribution in [-0.2, 0) is 0 Å². The van der Waals surface area contributed by atoms with Crippen molar-refractivity contribution in [3.63, 3.8) is 0 Å². The van der Waals surface area contributed by atoms with Crippen molar-refractivity contribution >= 4 is 17.2 Å². The zero-order chi connectivity index (χ0) is 13.5. The van der Waals surface area contributed by atoms with Crippen molar-refractivity contribution in [2.45, 2.75) is 13.0 Å². The Morgan fingerprint density at radius 1 is 1.39 bits per heavy atom. The third-order valence-corrected chi connectivity index (χ3v) is 2.94. The first-order chi connectivity index (χ1) is 8.60. The summed E-state index contributed by atoms with van der Waals surface area (Å²) in [4.78, 5) is 2.63. The van der Waals surface area contributed by atoms with Crippen molar-refractivity contribution < 1.29 is 0 Å². The number of hydrogen-bond acceptors (Lipinski definition) is 2. The Kier molecular flexibility index (Phi) is 5.75. The maximum atomic E-state index is 5.90. The van der Waals surface area contributed by atoms with Crippen LogP contribution in [0.25, 0.3) is 0 Å². The molecule has 1 aromatic rings. The Labute approximate surface area is 115 Å². The second-order valence-electron chi connectivity index (χ2n) is 4.25. The molecule has 0 aliphatic rings. The highest BCUT2D eigenvalue weighted by Crippen LogP contribution is 2.22. The Morgan fingerprint density at radius 2 is 2.00 bits per heavy atom. The lowest BCUT2D eigenvalue weighted by molar-refractivity contribution is 0.301. The van der Waals surface area contributed by atoms with Crippen molar-refractivity contribution in [3.05, 3.63) is 60.7 Å². The van der Waals surface area contributed by atoms with Gasteiger partial charge in [-0.15, -0.1) is 13.2 Å². The van der Waals surface area contributed by atoms with Crippen molar-refractivity contribution in [1.82, 2.24) is 4.90 Å². The predicted octanol–water partition coefficient (Wildman–Crippen LogP) is 3.00. The van der Waals surface area contributed by atoms with Crippen molar-refractivity contribution in [2.24, 2.45) is 5.73 Å². The number of benzene rings is 1. The third-order valence-electron chi connectivity index (χ3n) is 2.72. The van der Waals surface area contributed by atoms with Gasteiger partial charge in [0, 0.05) is 13.1 Å². The van der Waals surface area contributed by atoms with Crippen molar-refractivity contribution in [2.75, 3.05) is 13.1 Å². The summed E-state index contributed by atoms with van der Waals surface area (Å²) >= 11 is 5.21. The van der Waals surface area contributed by atoms with Gasteiger partial charge in [0.1, 0.15) is 0 Å². The van der Waals surface area contributed by atoms with Crippen molar-refractivity contribution in [3.8, 4) is 0 Å². The minimum Gasteiger partial charge on any atom is -0.392 e. The quantitative estimate of drug-likeness (QED) is 0.603. The monoisotopic (exact) mass is 260 g/mol. The first-order valence-electron chi connectivity index (χ1n) is 5.92. The van der Waals surface area contributed by atoms with Crippen LogP contribution >= 0.6 is 12.2 Å². The fourth-order valence-corrected chi connectivity index (χ4v) is 2.30. The number of nitrogens with two attached hydrogens (primary N) is 1. The summed E-state index contributed by atoms with van der Waals surface area (Å²) in [7, 11) is 0. The van der Waals surface area contributed by atoms with Gasteiger partial charge >= 0.3 is 0 Å². The highest BCUT2D eigenvalue weighted by Gasteiger charge is 2.21. The molecule has 18 heavy (non-hydrogen) atoms. The molecule has 0 aliphatic heterocycles. The molecule has 0 bridgehead atoms. The molecule has 0 aliphatic carbocycles. The van der Waals surface area contributed by atoms with E-state index in [0.29, 0.717) is 4.99 Å². The molecule has 1 rings (SSSR count). The van der Waals surface area contributed by atoms with Crippen LogP contribution < -0.4 is 5.73 Å². The zero-order valence-electron chi connectivity index (χ0n) is 10.8. The number of hydrogen-bond donors (Lipinski definition) is 1. The molecule has 0 saturated heterocycles. The average molecular weight is 260 g/mol. The van der Waals surface area contributed by atoms with E-state index in [0.717, 1.165) is 18.7 Å². The highest BCUT2D eigenvalue weighted by molar-refractivity contribution is 7.80. The lowest BCUT2D eigenvalue weighted by Gasteiger charge is -2.29. The van der Waals surface area contributed by atoms with Crippen LogP contribution in [0.15, 0.2) is 49.6 Å². The molecule has 0 radical (unpaired) electrons. The highest BCUT2D eigenvalue weighted by atomic mass is 32.1. The number of thiocarbonyl (C=S) groups is 1. The molecule has 2 nitrogen and oxygen atoms in total. The molecule has 1 atom stereocenters. The van der Waals surface area contributed by atoms with Gasteiger partial charge in [-0.1, -0.05) is 54.2 Å². The van der Waals surface area contributed by atoms with E-state index in [9.17, 15) is 0 Å². The normalized spacial score (nSPS) is 12.1. The van der Waals surface area contributed by atoms with Gasteiger partial charge in [0.15, 0.2) is 0 Å². The molecule has 1 unspecified atom stereocenters. The van der Waals surface area contributed by atoms with E-state index in [-0.39, 0.29) is 6.04 Å². The summed E-state index contributed by atoms with van der Waals surface area (Å²) < 4.78 is 0. The van der Waals surface area contributed by atoms with Gasteiger partial charge in [-0.2, -0.15) is 0 Å². The smallest absolute Gasteiger partial charge is 0.0948 e. The molecule has 2 N–H and O–H groups in total. The lowest BCUT2D eigenvalue weighted by Crippen LogP contribution is -2.37. The summed E-state index contributed by atoms with van der Waals surface area (Å²) in [5.74, 6) is 0. The second kappa shape index (κ2) is 7.09. The minimum atomic E-state index is -0.0732. The van der Waals surface area contributed by atoms with Crippen molar-refractivity contribution in [1.29, 1.82) is 0 Å². The van der Waals surface area contributed by atoms with Crippen LogP contribution in [-0.4, -0.2) is 23.0 Å². The van der Waals surface area contributed by atoms with Crippen LogP contribution in [0.4, 0.5) is 0 Å². The number of aryl methyl sites for hydroxylation is 1. The standard InChI is InChI=1S/C15H20N2S/c1-4-9-17(10-5-2)14(15(16)18)13-8-6-7-12(3)11-13/h4-8,11,14H,1-2,9-10H2,3H3,(H2,16,18). The fourth-order valence-electron chi connectivity index (χ4n) is 2.01. The maximum absolute atomic E-state index is 5.90. The van der Waals surface area contributed by atoms with Crippen LogP contribution in [0.3, 0.4) is 0 Å². The van der Waals surface area contributed by atoms with Gasteiger partial charge in [0.2, 0.25) is 0 Å². The van der Waals surface area contributed by atoms with E-state index < -0.39 is 0 Å². The summed E-state index contributed by atoms with van der Waals surface area (Å²) in [5.41, 5.74) is 8.22. The Bertz CT molecular complexity index is 430. The van der Waals surface area contributed by atoms with Crippen LogP contribution in [0.5, 0.6) is 0 Å². The third kappa shape index (κ3) is 3.79. The number of rotatable bonds is 7. The molecule has 0 spiro atoms. The molecule has 0 fully saturated rings. The Morgan fingerprint density at radius 3 is 2.44 bits per heavy atom. The van der Waals surface area contributed by atoms with E-state index in [4.69, 9.17) is 18.0 Å². The Balaban J connectivity index is 3.10. The largest absolute Gasteiger partial charge is 0.392 e. The first-order valence-corrected chi connectivity index (χ1v) is 6.32. The molecule has 0 aromatic heterocycles. The van der Waals surface area contributed by atoms with Gasteiger partial charge in [-0.25, -0.2) is 0 Å². The van der Waals surface area contributed by atoms with E-state index in [1.54, 1.807) is 0 Å². The van der Waals surface area contributed by atoms with E-state index in [2.05, 4.69) is 43.2 Å².